The van der Waals surface area contributed by atoms with Crippen LogP contribution in [-0.2, 0) is 9.59 Å². The Bertz CT molecular complexity index is 1950. The molecule has 2 amide bonds. The van der Waals surface area contributed by atoms with Crippen molar-refractivity contribution >= 4 is 40.6 Å². The number of hydrogen-bond donors (Lipinski definition) is 3. The van der Waals surface area contributed by atoms with E-state index < -0.39 is 29.0 Å². The normalized spacial score (nSPS) is 13.7. The smallest absolute Gasteiger partial charge is 0.328 e. The second-order valence-electron chi connectivity index (χ2n) is 10.8. The Hall–Kier alpha value is -5.77. The minimum Gasteiger partial charge on any atom is -0.478 e. The first-order chi connectivity index (χ1) is 21.7. The zero-order valence-electron chi connectivity index (χ0n) is 23.8. The third-order valence-corrected chi connectivity index (χ3v) is 7.74. The van der Waals surface area contributed by atoms with Crippen LogP contribution >= 0.6 is 0 Å². The van der Waals surface area contributed by atoms with Gasteiger partial charge in [0.15, 0.2) is 0 Å². The summed E-state index contributed by atoms with van der Waals surface area (Å²) in [5.74, 6) is -2.66. The van der Waals surface area contributed by atoms with Crippen molar-refractivity contribution in [1.82, 2.24) is 15.3 Å². The first-order valence-corrected chi connectivity index (χ1v) is 14.2. The molecule has 1 heterocycles. The Balaban J connectivity index is 1.26. The number of hydrogen-bond acceptors (Lipinski definition) is 5. The molecule has 0 saturated heterocycles. The van der Waals surface area contributed by atoms with Crippen molar-refractivity contribution in [3.05, 3.63) is 120 Å². The molecule has 3 N–H and O–H groups in total. The van der Waals surface area contributed by atoms with Gasteiger partial charge in [0.1, 0.15) is 17.2 Å². The fraction of sp³-hybridized carbons (Fsp3) is 0.114. The van der Waals surface area contributed by atoms with Crippen LogP contribution in [0.15, 0.2) is 97.1 Å². The van der Waals surface area contributed by atoms with Gasteiger partial charge in [0.2, 0.25) is 5.91 Å². The van der Waals surface area contributed by atoms with Crippen LogP contribution in [0.2, 0.25) is 0 Å². The molecule has 10 heteroatoms. The molecule has 4 aromatic carbocycles. The van der Waals surface area contributed by atoms with Crippen LogP contribution < -0.4 is 10.6 Å². The first kappa shape index (κ1) is 29.3. The van der Waals surface area contributed by atoms with Crippen molar-refractivity contribution in [3.8, 4) is 22.5 Å². The van der Waals surface area contributed by atoms with E-state index in [2.05, 4.69) is 10.6 Å². The highest BCUT2D eigenvalue weighted by Crippen LogP contribution is 2.35. The van der Waals surface area contributed by atoms with Crippen molar-refractivity contribution in [3.63, 3.8) is 0 Å². The Morgan fingerprint density at radius 3 is 1.87 bits per heavy atom. The van der Waals surface area contributed by atoms with E-state index in [1.54, 1.807) is 66.7 Å². The van der Waals surface area contributed by atoms with Crippen LogP contribution in [0.5, 0.6) is 0 Å². The minimum atomic E-state index is -1.09. The largest absolute Gasteiger partial charge is 0.478 e. The number of rotatable bonds is 8. The number of amides is 2. The maximum atomic E-state index is 13.7. The lowest BCUT2D eigenvalue weighted by Crippen LogP contribution is -2.61. The predicted octanol–water partition coefficient (Wildman–Crippen LogP) is 6.63. The Morgan fingerprint density at radius 2 is 1.33 bits per heavy atom. The quantitative estimate of drug-likeness (QED) is 0.171. The lowest BCUT2D eigenvalue weighted by atomic mass is 9.75. The number of carbonyl (C=O) groups excluding carboxylic acids is 2. The number of aromatic nitrogens is 2. The second-order valence-corrected chi connectivity index (χ2v) is 10.8. The van der Waals surface area contributed by atoms with E-state index >= 15 is 0 Å². The van der Waals surface area contributed by atoms with E-state index in [0.717, 1.165) is 12.5 Å². The highest BCUT2D eigenvalue weighted by molar-refractivity contribution is 6.05. The zero-order valence-corrected chi connectivity index (χ0v) is 23.8. The Morgan fingerprint density at radius 1 is 0.756 bits per heavy atom. The number of nitrogens with zero attached hydrogens (tertiary/aromatic N) is 2. The average Bonchev–Trinajstić information content (AvgIpc) is 3.02. The average molecular weight is 605 g/mol. The standard InChI is InChI=1S/C35H26F2N4O4/c36-25-10-5-22(6-11-25)31-32(23-7-12-26(37)13-8-23)40-29-20-24(9-16-28(29)39-31)33(44)41-35(18-1-19-35)34(45)38-27-14-2-21(3-15-27)4-17-30(42)43/h2-17,20H,1,18-19H2,(H,38,45)(H,41,44)(H,42,43)/b17-4+. The number of nitrogens with one attached hydrogen (secondary N) is 2. The Kier molecular flexibility index (Phi) is 7.87. The van der Waals surface area contributed by atoms with E-state index in [4.69, 9.17) is 15.1 Å². The summed E-state index contributed by atoms with van der Waals surface area (Å²) in [5.41, 5.74) is 3.40. The number of halogens is 2. The summed E-state index contributed by atoms with van der Waals surface area (Å²) in [7, 11) is 0. The summed E-state index contributed by atoms with van der Waals surface area (Å²) in [6.07, 6.45) is 4.17. The van der Waals surface area contributed by atoms with Gasteiger partial charge in [0.25, 0.3) is 5.91 Å². The molecule has 1 saturated carbocycles. The van der Waals surface area contributed by atoms with Gasteiger partial charge in [-0.1, -0.05) is 12.1 Å². The van der Waals surface area contributed by atoms with E-state index in [1.165, 1.54) is 30.3 Å². The molecule has 0 unspecified atom stereocenters. The van der Waals surface area contributed by atoms with Crippen LogP contribution in [0, 0.1) is 11.6 Å². The first-order valence-electron chi connectivity index (χ1n) is 14.2. The lowest BCUT2D eigenvalue weighted by molar-refractivity contribution is -0.131. The number of carboxylic acid groups (broad SMARTS) is 1. The molecule has 0 aliphatic heterocycles. The highest BCUT2D eigenvalue weighted by Gasteiger charge is 2.45. The number of carbonyl (C=O) groups is 3. The summed E-state index contributed by atoms with van der Waals surface area (Å²) < 4.78 is 27.4. The van der Waals surface area contributed by atoms with Gasteiger partial charge in [0, 0.05) is 28.5 Å². The summed E-state index contributed by atoms with van der Waals surface area (Å²) in [6, 6.07) is 23.1. The molecule has 0 radical (unpaired) electrons. The van der Waals surface area contributed by atoms with Crippen molar-refractivity contribution in [1.29, 1.82) is 0 Å². The molecule has 8 nitrogen and oxygen atoms in total. The third kappa shape index (κ3) is 6.30. The SMILES string of the molecule is O=C(O)/C=C/c1ccc(NC(=O)C2(NC(=O)c3ccc4nc(-c5ccc(F)cc5)c(-c5ccc(F)cc5)nc4c3)CCC2)cc1. The summed E-state index contributed by atoms with van der Waals surface area (Å²) in [6.45, 7) is 0. The molecule has 1 aromatic heterocycles. The lowest BCUT2D eigenvalue weighted by Gasteiger charge is -2.40. The van der Waals surface area contributed by atoms with Crippen molar-refractivity contribution < 1.29 is 28.3 Å². The molecule has 1 aliphatic rings. The maximum absolute atomic E-state index is 13.7. The molecular formula is C35H26F2N4O4. The van der Waals surface area contributed by atoms with E-state index in [-0.39, 0.29) is 11.5 Å². The number of aliphatic carboxylic acids is 1. The fourth-order valence-corrected chi connectivity index (χ4v) is 5.14. The van der Waals surface area contributed by atoms with Crippen molar-refractivity contribution in [2.45, 2.75) is 24.8 Å². The van der Waals surface area contributed by atoms with Crippen LogP contribution in [0.3, 0.4) is 0 Å². The molecule has 1 aliphatic carbocycles. The number of fused-ring (bicyclic) bond motifs is 1. The summed E-state index contributed by atoms with van der Waals surface area (Å²) >= 11 is 0. The molecule has 224 valence electrons. The van der Waals surface area contributed by atoms with E-state index in [9.17, 15) is 23.2 Å². The molecule has 6 rings (SSSR count). The molecule has 45 heavy (non-hydrogen) atoms. The van der Waals surface area contributed by atoms with Crippen molar-refractivity contribution in [2.24, 2.45) is 0 Å². The fourth-order valence-electron chi connectivity index (χ4n) is 5.14. The van der Waals surface area contributed by atoms with Crippen LogP contribution in [-0.4, -0.2) is 38.4 Å². The molecule has 0 bridgehead atoms. The van der Waals surface area contributed by atoms with Crippen molar-refractivity contribution in [2.75, 3.05) is 5.32 Å². The molecular weight excluding hydrogens is 578 g/mol. The zero-order chi connectivity index (χ0) is 31.6. The van der Waals surface area contributed by atoms with Crippen LogP contribution in [0.1, 0.15) is 35.2 Å². The van der Waals surface area contributed by atoms with E-state index in [0.29, 0.717) is 57.6 Å². The van der Waals surface area contributed by atoms with Gasteiger partial charge in [-0.3, -0.25) is 9.59 Å². The highest BCUT2D eigenvalue weighted by atomic mass is 19.1. The molecule has 0 atom stereocenters. The topological polar surface area (TPSA) is 121 Å². The monoisotopic (exact) mass is 604 g/mol. The van der Waals surface area contributed by atoms with Gasteiger partial charge in [-0.25, -0.2) is 23.5 Å². The number of carboxylic acids is 1. The van der Waals surface area contributed by atoms with Gasteiger partial charge in [0.05, 0.1) is 22.4 Å². The van der Waals surface area contributed by atoms with Gasteiger partial charge < -0.3 is 15.7 Å². The second kappa shape index (κ2) is 12.1. The minimum absolute atomic E-state index is 0.282. The van der Waals surface area contributed by atoms with Crippen LogP contribution in [0.4, 0.5) is 14.5 Å². The maximum Gasteiger partial charge on any atom is 0.328 e. The van der Waals surface area contributed by atoms with Gasteiger partial charge >= 0.3 is 5.97 Å². The van der Waals surface area contributed by atoms with E-state index in [1.807, 2.05) is 0 Å². The number of anilines is 1. The predicted molar refractivity (Wildman–Crippen MR) is 166 cm³/mol. The van der Waals surface area contributed by atoms with Gasteiger partial charge in [-0.2, -0.15) is 0 Å². The molecule has 5 aromatic rings. The third-order valence-electron chi connectivity index (χ3n) is 7.74. The molecule has 1 fully saturated rings. The number of benzene rings is 4. The summed E-state index contributed by atoms with van der Waals surface area (Å²) in [4.78, 5) is 47.1. The molecule has 0 spiro atoms. The summed E-state index contributed by atoms with van der Waals surface area (Å²) in [5, 5.41) is 14.6. The van der Waals surface area contributed by atoms with Gasteiger partial charge in [-0.05, 0) is 110 Å². The van der Waals surface area contributed by atoms with Gasteiger partial charge in [-0.15, -0.1) is 0 Å². The Labute approximate surface area is 256 Å². The van der Waals surface area contributed by atoms with Crippen LogP contribution in [0.25, 0.3) is 39.6 Å².